The Labute approximate surface area is 142 Å². The molecule has 1 atom stereocenters. The van der Waals surface area contributed by atoms with Crippen molar-refractivity contribution in [3.8, 4) is 0 Å². The van der Waals surface area contributed by atoms with Gasteiger partial charge in [0.15, 0.2) is 0 Å². The molecular formula is C20H22N2O2. The number of nitrogens with one attached hydrogen (secondary N) is 1. The molecule has 2 aromatic rings. The monoisotopic (exact) mass is 322 g/mol. The van der Waals surface area contributed by atoms with E-state index in [-0.39, 0.29) is 5.91 Å². The van der Waals surface area contributed by atoms with Crippen LogP contribution in [0.15, 0.2) is 53.5 Å². The molecule has 1 unspecified atom stereocenters. The maximum atomic E-state index is 12.5. The van der Waals surface area contributed by atoms with Crippen molar-refractivity contribution in [1.29, 1.82) is 0 Å². The third kappa shape index (κ3) is 3.54. The Morgan fingerprint density at radius 2 is 1.96 bits per heavy atom. The lowest BCUT2D eigenvalue weighted by molar-refractivity contribution is -0.126. The lowest BCUT2D eigenvalue weighted by Crippen LogP contribution is -2.28. The molecule has 0 saturated carbocycles. The van der Waals surface area contributed by atoms with Crippen molar-refractivity contribution >= 4 is 17.3 Å². The maximum absolute atomic E-state index is 12.5. The van der Waals surface area contributed by atoms with Crippen molar-refractivity contribution in [3.05, 3.63) is 65.2 Å². The summed E-state index contributed by atoms with van der Waals surface area (Å²) in [5.41, 5.74) is 4.59. The number of ether oxygens (including phenoxy) is 1. The number of aryl methyl sites for hydroxylation is 1. The van der Waals surface area contributed by atoms with Gasteiger partial charge >= 0.3 is 0 Å². The Morgan fingerprint density at radius 1 is 1.17 bits per heavy atom. The van der Waals surface area contributed by atoms with Crippen LogP contribution in [0.5, 0.6) is 0 Å². The number of amides is 1. The van der Waals surface area contributed by atoms with Crippen molar-refractivity contribution < 1.29 is 9.53 Å². The van der Waals surface area contributed by atoms with E-state index in [1.54, 1.807) is 0 Å². The molecule has 0 radical (unpaired) electrons. The summed E-state index contributed by atoms with van der Waals surface area (Å²) in [4.78, 5) is 17.2. The second-order valence-corrected chi connectivity index (χ2v) is 5.96. The lowest BCUT2D eigenvalue weighted by atomic mass is 9.99. The summed E-state index contributed by atoms with van der Waals surface area (Å²) in [6.07, 6.45) is 1.11. The minimum Gasteiger partial charge on any atom is -0.348 e. The summed E-state index contributed by atoms with van der Waals surface area (Å²) in [6.45, 7) is 4.65. The fourth-order valence-corrected chi connectivity index (χ4v) is 2.68. The standard InChI is InChI=1S/C20H22N2O2/c1-3-4-12-24-20-19(23)21-17-11-10-14(2)13-16(17)18(22-20)15-8-6-5-7-9-15/h5-11,13,20H,3-4,12H2,1-2H3,(H,21,23). The highest BCUT2D eigenvalue weighted by molar-refractivity contribution is 6.19. The molecule has 2 aromatic carbocycles. The Hall–Kier alpha value is -2.46. The number of fused-ring (bicyclic) bond motifs is 1. The molecule has 4 nitrogen and oxygen atoms in total. The van der Waals surface area contributed by atoms with Gasteiger partial charge in [0.25, 0.3) is 5.91 Å². The molecule has 1 N–H and O–H groups in total. The number of nitrogens with zero attached hydrogens (tertiary/aromatic N) is 1. The van der Waals surface area contributed by atoms with Crippen molar-refractivity contribution in [1.82, 2.24) is 0 Å². The van der Waals surface area contributed by atoms with E-state index in [0.717, 1.165) is 40.9 Å². The summed E-state index contributed by atoms with van der Waals surface area (Å²) in [7, 11) is 0. The van der Waals surface area contributed by atoms with Crippen LogP contribution < -0.4 is 5.32 Å². The number of hydrogen-bond acceptors (Lipinski definition) is 3. The van der Waals surface area contributed by atoms with Gasteiger partial charge in [-0.3, -0.25) is 4.79 Å². The smallest absolute Gasteiger partial charge is 0.276 e. The van der Waals surface area contributed by atoms with Gasteiger partial charge in [-0.1, -0.05) is 55.3 Å². The van der Waals surface area contributed by atoms with Gasteiger partial charge in [-0.25, -0.2) is 4.99 Å². The molecule has 0 saturated heterocycles. The first-order chi connectivity index (χ1) is 11.7. The van der Waals surface area contributed by atoms with Crippen LogP contribution in [0, 0.1) is 6.92 Å². The van der Waals surface area contributed by atoms with Gasteiger partial charge in [-0.05, 0) is 25.5 Å². The highest BCUT2D eigenvalue weighted by Gasteiger charge is 2.26. The summed E-state index contributed by atoms with van der Waals surface area (Å²) in [6, 6.07) is 15.9. The summed E-state index contributed by atoms with van der Waals surface area (Å²) in [5, 5.41) is 2.95. The van der Waals surface area contributed by atoms with Gasteiger partial charge in [-0.15, -0.1) is 0 Å². The summed E-state index contributed by atoms with van der Waals surface area (Å²) < 4.78 is 5.73. The number of carbonyl (C=O) groups excluding carboxylic acids is 1. The second-order valence-electron chi connectivity index (χ2n) is 5.96. The number of benzodiazepines with no additional fused rings is 1. The number of anilines is 1. The van der Waals surface area contributed by atoms with Crippen LogP contribution >= 0.6 is 0 Å². The van der Waals surface area contributed by atoms with E-state index in [9.17, 15) is 4.79 Å². The predicted octanol–water partition coefficient (Wildman–Crippen LogP) is 3.93. The molecule has 1 amide bonds. The van der Waals surface area contributed by atoms with Gasteiger partial charge in [0.05, 0.1) is 11.4 Å². The molecule has 0 spiro atoms. The van der Waals surface area contributed by atoms with Crippen molar-refractivity contribution in [2.75, 3.05) is 11.9 Å². The normalized spacial score (nSPS) is 16.8. The van der Waals surface area contributed by atoms with E-state index < -0.39 is 6.23 Å². The molecule has 0 bridgehead atoms. The fraction of sp³-hybridized carbons (Fsp3) is 0.300. The zero-order valence-corrected chi connectivity index (χ0v) is 14.1. The quantitative estimate of drug-likeness (QED) is 0.848. The third-order valence-corrected chi connectivity index (χ3v) is 3.98. The Kier molecular flexibility index (Phi) is 5.06. The van der Waals surface area contributed by atoms with Crippen LogP contribution in [0.3, 0.4) is 0 Å². The molecule has 0 aromatic heterocycles. The maximum Gasteiger partial charge on any atom is 0.276 e. The minimum absolute atomic E-state index is 0.220. The molecule has 24 heavy (non-hydrogen) atoms. The van der Waals surface area contributed by atoms with E-state index in [4.69, 9.17) is 4.74 Å². The Balaban J connectivity index is 2.06. The van der Waals surface area contributed by atoms with Crippen LogP contribution in [0.25, 0.3) is 0 Å². The first kappa shape index (κ1) is 16.4. The highest BCUT2D eigenvalue weighted by Crippen LogP contribution is 2.25. The average Bonchev–Trinajstić information content (AvgIpc) is 2.73. The SMILES string of the molecule is CCCCOC1N=C(c2ccccc2)c2cc(C)ccc2NC1=O. The molecule has 1 aliphatic rings. The molecule has 0 aliphatic carbocycles. The van der Waals surface area contributed by atoms with Crippen LogP contribution in [-0.2, 0) is 9.53 Å². The van der Waals surface area contributed by atoms with Crippen LogP contribution in [0.4, 0.5) is 5.69 Å². The first-order valence-electron chi connectivity index (χ1n) is 8.35. The van der Waals surface area contributed by atoms with Crippen molar-refractivity contribution in [2.24, 2.45) is 4.99 Å². The highest BCUT2D eigenvalue weighted by atomic mass is 16.5. The van der Waals surface area contributed by atoms with Gasteiger partial charge in [-0.2, -0.15) is 0 Å². The van der Waals surface area contributed by atoms with Crippen LogP contribution in [-0.4, -0.2) is 24.5 Å². The van der Waals surface area contributed by atoms with Gasteiger partial charge in [0.2, 0.25) is 6.23 Å². The molecule has 4 heteroatoms. The fourth-order valence-electron chi connectivity index (χ4n) is 2.68. The van der Waals surface area contributed by atoms with Gasteiger partial charge in [0, 0.05) is 17.7 Å². The van der Waals surface area contributed by atoms with Crippen LogP contribution in [0.1, 0.15) is 36.5 Å². The predicted molar refractivity (Wildman–Crippen MR) is 96.5 cm³/mol. The van der Waals surface area contributed by atoms with E-state index in [0.29, 0.717) is 6.61 Å². The molecule has 1 heterocycles. The molecule has 124 valence electrons. The van der Waals surface area contributed by atoms with E-state index in [1.807, 2.05) is 49.4 Å². The zero-order chi connectivity index (χ0) is 16.9. The lowest BCUT2D eigenvalue weighted by Gasteiger charge is -2.12. The number of aliphatic imine (C=N–C) groups is 1. The number of unbranched alkanes of at least 4 members (excludes halogenated alkanes) is 1. The largest absolute Gasteiger partial charge is 0.348 e. The van der Waals surface area contributed by atoms with Crippen LogP contribution in [0.2, 0.25) is 0 Å². The van der Waals surface area contributed by atoms with E-state index in [1.165, 1.54) is 0 Å². The van der Waals surface area contributed by atoms with E-state index >= 15 is 0 Å². The van der Waals surface area contributed by atoms with Gasteiger partial charge < -0.3 is 10.1 Å². The zero-order valence-electron chi connectivity index (χ0n) is 14.1. The average molecular weight is 322 g/mol. The molecule has 3 rings (SSSR count). The third-order valence-electron chi connectivity index (χ3n) is 3.98. The van der Waals surface area contributed by atoms with E-state index in [2.05, 4.69) is 23.3 Å². The Bertz CT molecular complexity index is 753. The van der Waals surface area contributed by atoms with Crippen molar-refractivity contribution in [3.63, 3.8) is 0 Å². The topological polar surface area (TPSA) is 50.7 Å². The number of rotatable bonds is 5. The molecule has 0 fully saturated rings. The van der Waals surface area contributed by atoms with Gasteiger partial charge in [0.1, 0.15) is 0 Å². The second kappa shape index (κ2) is 7.41. The molecular weight excluding hydrogens is 300 g/mol. The minimum atomic E-state index is -0.820. The van der Waals surface area contributed by atoms with Crippen molar-refractivity contribution in [2.45, 2.75) is 32.9 Å². The number of carbonyl (C=O) groups is 1. The number of hydrogen-bond donors (Lipinski definition) is 1. The summed E-state index contributed by atoms with van der Waals surface area (Å²) in [5.74, 6) is -0.220. The first-order valence-corrected chi connectivity index (χ1v) is 8.35. The number of benzene rings is 2. The molecule has 1 aliphatic heterocycles. The Morgan fingerprint density at radius 3 is 2.71 bits per heavy atom. The summed E-state index contributed by atoms with van der Waals surface area (Å²) >= 11 is 0.